The number of ether oxygens (including phenoxy) is 1. The number of nitrogens with zero attached hydrogens (tertiary/aromatic N) is 1. The van der Waals surface area contributed by atoms with Gasteiger partial charge < -0.3 is 4.74 Å². The lowest BCUT2D eigenvalue weighted by Crippen LogP contribution is -2.19. The Kier molecular flexibility index (Phi) is 4.53. The highest BCUT2D eigenvalue weighted by atomic mass is 32.1. The molecule has 5 heteroatoms. The van der Waals surface area contributed by atoms with Crippen molar-refractivity contribution in [1.29, 1.82) is 0 Å². The summed E-state index contributed by atoms with van der Waals surface area (Å²) >= 11 is 1.65. The summed E-state index contributed by atoms with van der Waals surface area (Å²) in [4.78, 5) is 14.2. The molecule has 0 unspecified atom stereocenters. The van der Waals surface area contributed by atoms with Crippen molar-refractivity contribution in [3.05, 3.63) is 51.7 Å². The van der Waals surface area contributed by atoms with Gasteiger partial charge in [-0.15, -0.1) is 11.3 Å². The van der Waals surface area contributed by atoms with Crippen LogP contribution in [0.3, 0.4) is 0 Å². The van der Waals surface area contributed by atoms with Crippen molar-refractivity contribution in [2.45, 2.75) is 13.8 Å². The van der Waals surface area contributed by atoms with Gasteiger partial charge in [-0.25, -0.2) is 5.43 Å². The molecule has 1 aromatic carbocycles. The number of amides is 1. The minimum Gasteiger partial charge on any atom is -0.497 e. The molecule has 0 atom stereocenters. The van der Waals surface area contributed by atoms with Crippen LogP contribution >= 0.6 is 11.3 Å². The SMILES string of the molecule is COc1ccc(C(=O)N/N=C(\C)c2ccc(C)s2)cc1. The zero-order valence-electron chi connectivity index (χ0n) is 11.6. The molecule has 1 amide bonds. The molecule has 0 spiro atoms. The zero-order valence-corrected chi connectivity index (χ0v) is 12.5. The summed E-state index contributed by atoms with van der Waals surface area (Å²) in [6.07, 6.45) is 0. The minimum atomic E-state index is -0.236. The first-order valence-corrected chi connectivity index (χ1v) is 6.97. The molecule has 20 heavy (non-hydrogen) atoms. The van der Waals surface area contributed by atoms with E-state index in [4.69, 9.17) is 4.74 Å². The fourth-order valence-corrected chi connectivity index (χ4v) is 2.44. The van der Waals surface area contributed by atoms with E-state index >= 15 is 0 Å². The van der Waals surface area contributed by atoms with Gasteiger partial charge in [0.1, 0.15) is 5.75 Å². The van der Waals surface area contributed by atoms with Crippen LogP contribution in [0.25, 0.3) is 0 Å². The second-order valence-corrected chi connectivity index (χ2v) is 5.56. The maximum absolute atomic E-state index is 11.9. The number of hydrazone groups is 1. The van der Waals surface area contributed by atoms with Crippen LogP contribution < -0.4 is 10.2 Å². The number of hydrogen-bond donors (Lipinski definition) is 1. The molecule has 0 bridgehead atoms. The smallest absolute Gasteiger partial charge is 0.271 e. The molecule has 1 aromatic heterocycles. The number of rotatable bonds is 4. The maximum atomic E-state index is 11.9. The van der Waals surface area contributed by atoms with Gasteiger partial charge in [-0.3, -0.25) is 4.79 Å². The van der Waals surface area contributed by atoms with E-state index in [0.717, 1.165) is 16.3 Å². The van der Waals surface area contributed by atoms with Crippen LogP contribution in [-0.2, 0) is 0 Å². The third-order valence-corrected chi connectivity index (χ3v) is 3.88. The van der Waals surface area contributed by atoms with E-state index in [1.165, 1.54) is 4.88 Å². The van der Waals surface area contributed by atoms with Gasteiger partial charge in [0.05, 0.1) is 17.7 Å². The summed E-state index contributed by atoms with van der Waals surface area (Å²) in [5.74, 6) is 0.482. The minimum absolute atomic E-state index is 0.236. The van der Waals surface area contributed by atoms with Gasteiger partial charge in [0.15, 0.2) is 0 Å². The number of benzene rings is 1. The molecule has 0 saturated carbocycles. The molecule has 2 aromatic rings. The monoisotopic (exact) mass is 288 g/mol. The number of carbonyl (C=O) groups excluding carboxylic acids is 1. The van der Waals surface area contributed by atoms with Crippen molar-refractivity contribution < 1.29 is 9.53 Å². The molecule has 1 heterocycles. The predicted octanol–water partition coefficient (Wildman–Crippen LogP) is 3.22. The van der Waals surface area contributed by atoms with Crippen LogP contribution in [0.2, 0.25) is 0 Å². The highest BCUT2D eigenvalue weighted by Crippen LogP contribution is 2.16. The first kappa shape index (κ1) is 14.3. The lowest BCUT2D eigenvalue weighted by molar-refractivity contribution is 0.0955. The van der Waals surface area contributed by atoms with Crippen molar-refractivity contribution in [2.24, 2.45) is 5.10 Å². The number of carbonyl (C=O) groups is 1. The van der Waals surface area contributed by atoms with Gasteiger partial charge in [-0.1, -0.05) is 0 Å². The summed E-state index contributed by atoms with van der Waals surface area (Å²) in [6.45, 7) is 3.91. The van der Waals surface area contributed by atoms with Gasteiger partial charge in [0, 0.05) is 10.4 Å². The Labute approximate surface area is 122 Å². The topological polar surface area (TPSA) is 50.7 Å². The van der Waals surface area contributed by atoms with Crippen LogP contribution in [-0.4, -0.2) is 18.7 Å². The summed E-state index contributed by atoms with van der Waals surface area (Å²) in [5, 5.41) is 4.12. The van der Waals surface area contributed by atoms with Crippen LogP contribution in [0.4, 0.5) is 0 Å². The van der Waals surface area contributed by atoms with Crippen LogP contribution in [0.1, 0.15) is 27.0 Å². The molecule has 1 N–H and O–H groups in total. The van der Waals surface area contributed by atoms with Crippen molar-refractivity contribution in [3.8, 4) is 5.75 Å². The molecule has 0 aliphatic carbocycles. The molecule has 0 radical (unpaired) electrons. The van der Waals surface area contributed by atoms with Gasteiger partial charge >= 0.3 is 0 Å². The molecule has 0 aliphatic rings. The van der Waals surface area contributed by atoms with Crippen molar-refractivity contribution >= 4 is 23.0 Å². The zero-order chi connectivity index (χ0) is 14.5. The summed E-state index contributed by atoms with van der Waals surface area (Å²) < 4.78 is 5.05. The highest BCUT2D eigenvalue weighted by molar-refractivity contribution is 7.14. The Morgan fingerprint density at radius 3 is 2.45 bits per heavy atom. The van der Waals surface area contributed by atoms with Crippen LogP contribution in [0, 0.1) is 6.92 Å². The van der Waals surface area contributed by atoms with E-state index in [-0.39, 0.29) is 5.91 Å². The van der Waals surface area contributed by atoms with Gasteiger partial charge in [-0.05, 0) is 50.2 Å². The van der Waals surface area contributed by atoms with Crippen LogP contribution in [0.5, 0.6) is 5.75 Å². The van der Waals surface area contributed by atoms with Crippen molar-refractivity contribution in [2.75, 3.05) is 7.11 Å². The lowest BCUT2D eigenvalue weighted by atomic mass is 10.2. The Hall–Kier alpha value is -2.14. The summed E-state index contributed by atoms with van der Waals surface area (Å²) in [7, 11) is 1.59. The average Bonchev–Trinajstić information content (AvgIpc) is 2.91. The van der Waals surface area contributed by atoms with Crippen LogP contribution in [0.15, 0.2) is 41.5 Å². The number of nitrogens with one attached hydrogen (secondary N) is 1. The molecule has 104 valence electrons. The maximum Gasteiger partial charge on any atom is 0.271 e. The number of hydrogen-bond acceptors (Lipinski definition) is 4. The first-order chi connectivity index (χ1) is 9.60. The lowest BCUT2D eigenvalue weighted by Gasteiger charge is -2.03. The third kappa shape index (κ3) is 3.45. The number of methoxy groups -OCH3 is 1. The molecule has 0 fully saturated rings. The Balaban J connectivity index is 2.03. The largest absolute Gasteiger partial charge is 0.497 e. The second-order valence-electron chi connectivity index (χ2n) is 4.28. The Morgan fingerprint density at radius 1 is 1.20 bits per heavy atom. The molecule has 2 rings (SSSR count). The highest BCUT2D eigenvalue weighted by Gasteiger charge is 2.06. The Bertz CT molecular complexity index is 630. The van der Waals surface area contributed by atoms with E-state index < -0.39 is 0 Å². The number of aryl methyl sites for hydroxylation is 1. The third-order valence-electron chi connectivity index (χ3n) is 2.77. The number of thiophene rings is 1. The summed E-state index contributed by atoms with van der Waals surface area (Å²) in [6, 6.07) is 10.9. The fraction of sp³-hybridized carbons (Fsp3) is 0.200. The van der Waals surface area contributed by atoms with E-state index in [0.29, 0.717) is 5.56 Å². The molecular formula is C15H16N2O2S. The average molecular weight is 288 g/mol. The quantitative estimate of drug-likeness (QED) is 0.693. The van der Waals surface area contributed by atoms with E-state index in [1.54, 1.807) is 42.7 Å². The first-order valence-electron chi connectivity index (χ1n) is 6.15. The predicted molar refractivity (Wildman–Crippen MR) is 81.7 cm³/mol. The summed E-state index contributed by atoms with van der Waals surface area (Å²) in [5.41, 5.74) is 3.90. The van der Waals surface area contributed by atoms with Crippen molar-refractivity contribution in [3.63, 3.8) is 0 Å². The second kappa shape index (κ2) is 6.34. The van der Waals surface area contributed by atoms with E-state index in [9.17, 15) is 4.79 Å². The van der Waals surface area contributed by atoms with Crippen molar-refractivity contribution in [1.82, 2.24) is 5.43 Å². The van der Waals surface area contributed by atoms with Gasteiger partial charge in [0.25, 0.3) is 5.91 Å². The Morgan fingerprint density at radius 2 is 1.90 bits per heavy atom. The van der Waals surface area contributed by atoms with E-state index in [2.05, 4.69) is 10.5 Å². The van der Waals surface area contributed by atoms with E-state index in [1.807, 2.05) is 26.0 Å². The fourth-order valence-electron chi connectivity index (χ4n) is 1.63. The van der Waals surface area contributed by atoms with Gasteiger partial charge in [-0.2, -0.15) is 5.10 Å². The molecular weight excluding hydrogens is 272 g/mol. The molecule has 4 nitrogen and oxygen atoms in total. The normalized spacial score (nSPS) is 11.2. The van der Waals surface area contributed by atoms with Gasteiger partial charge in [0.2, 0.25) is 0 Å². The standard InChI is InChI=1S/C15H16N2O2S/c1-10-4-9-14(20-10)11(2)16-17-15(18)12-5-7-13(19-3)8-6-12/h4-9H,1-3H3,(H,17,18)/b16-11+. The molecule has 0 saturated heterocycles. The molecule has 0 aliphatic heterocycles.